The van der Waals surface area contributed by atoms with Crippen LogP contribution in [-0.4, -0.2) is 55.5 Å². The van der Waals surface area contributed by atoms with Gasteiger partial charge in [-0.2, -0.15) is 0 Å². The average Bonchev–Trinajstić information content (AvgIpc) is 2.85. The molecule has 212 valence electrons. The molecule has 0 unspecified atom stereocenters. The van der Waals surface area contributed by atoms with Gasteiger partial charge in [-0.25, -0.2) is 0 Å². The third kappa shape index (κ3) is 23.8. The second-order valence-corrected chi connectivity index (χ2v) is 10.5. The molecule has 0 saturated carbocycles. The van der Waals surface area contributed by atoms with Crippen LogP contribution in [-0.2, 0) is 28.7 Å². The van der Waals surface area contributed by atoms with E-state index in [1.807, 2.05) is 26.2 Å². The van der Waals surface area contributed by atoms with Crippen LogP contribution in [0.4, 0.5) is 0 Å². The van der Waals surface area contributed by atoms with Crippen LogP contribution in [0.5, 0.6) is 0 Å². The molecule has 0 fully saturated rings. The zero-order chi connectivity index (χ0) is 27.8. The molecule has 0 spiro atoms. The van der Waals surface area contributed by atoms with Crippen LogP contribution in [0, 0.1) is 0 Å². The normalized spacial score (nSPS) is 11.1. The zero-order valence-electron chi connectivity index (χ0n) is 23.6. The van der Waals surface area contributed by atoms with Crippen LogP contribution in [0.2, 0.25) is 0 Å². The summed E-state index contributed by atoms with van der Waals surface area (Å²) < 4.78 is 10.2. The Balaban J connectivity index is 3.88. The van der Waals surface area contributed by atoms with Crippen molar-refractivity contribution < 1.29 is 33.1 Å². The van der Waals surface area contributed by atoms with Crippen molar-refractivity contribution in [3.8, 4) is 0 Å². The molecule has 0 saturated heterocycles. The summed E-state index contributed by atoms with van der Waals surface area (Å²) in [6, 6.07) is 0. The Bertz CT molecular complexity index is 630. The number of ether oxygens (including phenoxy) is 2. The third-order valence-electron chi connectivity index (χ3n) is 6.38. The summed E-state index contributed by atoms with van der Waals surface area (Å²) in [4.78, 5) is 47.8. The van der Waals surface area contributed by atoms with Crippen LogP contribution in [0.15, 0.2) is 25.3 Å². The first-order chi connectivity index (χ1) is 17.7. The van der Waals surface area contributed by atoms with Gasteiger partial charge in [-0.05, 0) is 38.5 Å². The predicted molar refractivity (Wildman–Crippen MR) is 148 cm³/mol. The molecule has 0 aliphatic rings. The number of hydrogen-bond donors (Lipinski definition) is 0. The van der Waals surface area contributed by atoms with E-state index >= 15 is 0 Å². The van der Waals surface area contributed by atoms with Crippen LogP contribution in [0.25, 0.3) is 0 Å². The highest BCUT2D eigenvalue weighted by atomic mass is 16.6. The van der Waals surface area contributed by atoms with Gasteiger partial charge in [0.25, 0.3) is 0 Å². The van der Waals surface area contributed by atoms with Crippen molar-refractivity contribution in [2.75, 3.05) is 27.2 Å². The van der Waals surface area contributed by atoms with Gasteiger partial charge in [0, 0.05) is 12.8 Å². The van der Waals surface area contributed by atoms with Crippen molar-refractivity contribution >= 4 is 23.9 Å². The average molecular weight is 523 g/mol. The Morgan fingerprint density at radius 2 is 0.811 bits per heavy atom. The van der Waals surface area contributed by atoms with Gasteiger partial charge in [0.2, 0.25) is 0 Å². The highest BCUT2D eigenvalue weighted by Crippen LogP contribution is 2.11. The smallest absolute Gasteiger partial charge is 0.319 e. The Labute approximate surface area is 225 Å². The van der Waals surface area contributed by atoms with Crippen molar-refractivity contribution in [2.24, 2.45) is 0 Å². The van der Waals surface area contributed by atoms with Gasteiger partial charge in [0.15, 0.2) is 0 Å². The molecule has 0 aliphatic heterocycles. The molecule has 0 aromatic rings. The maximum Gasteiger partial charge on any atom is 0.319 e. The Morgan fingerprint density at radius 1 is 0.514 bits per heavy atom. The molecule has 0 aromatic carbocycles. The molecule has 0 aromatic heterocycles. The molecule has 37 heavy (non-hydrogen) atoms. The van der Waals surface area contributed by atoms with E-state index in [0.717, 1.165) is 77.0 Å². The maximum absolute atomic E-state index is 12.0. The largest absolute Gasteiger partial charge is 0.393 e. The van der Waals surface area contributed by atoms with Gasteiger partial charge in [-0.3, -0.25) is 19.2 Å². The van der Waals surface area contributed by atoms with E-state index in [1.54, 1.807) is 0 Å². The molecule has 0 bridgehead atoms. The molecule has 7 nitrogen and oxygen atoms in total. The molecular weight excluding hydrogens is 470 g/mol. The summed E-state index contributed by atoms with van der Waals surface area (Å²) in [5.74, 6) is -2.04. The Kier molecular flexibility index (Phi) is 21.5. The molecule has 7 heteroatoms. The Morgan fingerprint density at radius 3 is 1.16 bits per heavy atom. The zero-order valence-corrected chi connectivity index (χ0v) is 23.6. The van der Waals surface area contributed by atoms with Crippen molar-refractivity contribution in [3.05, 3.63) is 25.3 Å². The summed E-state index contributed by atoms with van der Waals surface area (Å²) in [7, 11) is 3.77. The topological polar surface area (TPSA) is 86.7 Å². The number of allylic oxidation sites excluding steroid dienone is 2. The quantitative estimate of drug-likeness (QED) is 0.0467. The SMILES string of the molecule is C=CCCCCCCCCC(=O)OC(=O)CC[N+](C)(C)CCC(=O)OC(=O)CCCCCCCCC=C. The summed E-state index contributed by atoms with van der Waals surface area (Å²) >= 11 is 0. The van der Waals surface area contributed by atoms with Gasteiger partial charge in [0.05, 0.1) is 40.0 Å². The van der Waals surface area contributed by atoms with E-state index in [1.165, 1.54) is 12.8 Å². The van der Waals surface area contributed by atoms with Crippen molar-refractivity contribution in [1.29, 1.82) is 0 Å². The van der Waals surface area contributed by atoms with E-state index in [4.69, 9.17) is 9.47 Å². The number of carbonyl (C=O) groups excluding carboxylic acids is 4. The number of carbonyl (C=O) groups is 4. The first-order valence-corrected chi connectivity index (χ1v) is 14.2. The number of unbranched alkanes of at least 4 members (excludes halogenated alkanes) is 12. The lowest BCUT2D eigenvalue weighted by atomic mass is 10.1. The first kappa shape index (κ1) is 34.7. The van der Waals surface area contributed by atoms with Crippen molar-refractivity contribution in [1.82, 2.24) is 0 Å². The van der Waals surface area contributed by atoms with Gasteiger partial charge >= 0.3 is 23.9 Å². The lowest BCUT2D eigenvalue weighted by Gasteiger charge is -2.28. The van der Waals surface area contributed by atoms with Crippen molar-refractivity contribution in [2.45, 2.75) is 116 Å². The molecule has 0 rings (SSSR count). The number of rotatable bonds is 24. The van der Waals surface area contributed by atoms with Gasteiger partial charge in [0.1, 0.15) is 0 Å². The van der Waals surface area contributed by atoms with E-state index in [-0.39, 0.29) is 25.7 Å². The highest BCUT2D eigenvalue weighted by molar-refractivity contribution is 5.86. The van der Waals surface area contributed by atoms with Crippen LogP contribution >= 0.6 is 0 Å². The fourth-order valence-electron chi connectivity index (χ4n) is 3.89. The standard InChI is InChI=1S/C30H52NO6/c1-5-7-9-11-13-15-17-19-21-27(32)36-29(34)23-25-31(3,4)26-24-30(35)37-28(33)22-20-18-16-14-12-10-8-6-2/h5-6H,1-2,7-26H2,3-4H3/q+1. The number of nitrogens with zero attached hydrogens (tertiary/aromatic N) is 1. The minimum atomic E-state index is -0.543. The molecule has 0 atom stereocenters. The second-order valence-electron chi connectivity index (χ2n) is 10.5. The van der Waals surface area contributed by atoms with Crippen molar-refractivity contribution in [3.63, 3.8) is 0 Å². The first-order valence-electron chi connectivity index (χ1n) is 14.2. The minimum absolute atomic E-state index is 0.0869. The fourth-order valence-corrected chi connectivity index (χ4v) is 3.89. The second kappa shape index (κ2) is 22.9. The van der Waals surface area contributed by atoms with Gasteiger partial charge < -0.3 is 14.0 Å². The summed E-state index contributed by atoms with van der Waals surface area (Å²) in [6.07, 6.45) is 19.1. The molecule has 0 amide bonds. The van der Waals surface area contributed by atoms with Crippen LogP contribution < -0.4 is 0 Å². The van der Waals surface area contributed by atoms with E-state index in [9.17, 15) is 19.2 Å². The summed E-state index contributed by atoms with van der Waals surface area (Å²) in [6.45, 7) is 8.27. The van der Waals surface area contributed by atoms with Gasteiger partial charge in [-0.15, -0.1) is 13.2 Å². The van der Waals surface area contributed by atoms with Crippen LogP contribution in [0.3, 0.4) is 0 Å². The lowest BCUT2D eigenvalue weighted by molar-refractivity contribution is -0.889. The highest BCUT2D eigenvalue weighted by Gasteiger charge is 2.22. The van der Waals surface area contributed by atoms with Gasteiger partial charge in [-0.1, -0.05) is 63.5 Å². The molecule has 0 radical (unpaired) electrons. The van der Waals surface area contributed by atoms with E-state index < -0.39 is 23.9 Å². The number of esters is 4. The summed E-state index contributed by atoms with van der Waals surface area (Å²) in [5.41, 5.74) is 0. The fraction of sp³-hybridized carbons (Fsp3) is 0.733. The predicted octanol–water partition coefficient (Wildman–Crippen LogP) is 6.60. The molecular formula is C30H52NO6+. The number of hydrogen-bond acceptors (Lipinski definition) is 6. The van der Waals surface area contributed by atoms with E-state index in [2.05, 4.69) is 13.2 Å². The molecule has 0 N–H and O–H groups in total. The van der Waals surface area contributed by atoms with Crippen LogP contribution in [0.1, 0.15) is 116 Å². The number of quaternary nitrogens is 1. The maximum atomic E-state index is 12.0. The third-order valence-corrected chi connectivity index (χ3v) is 6.38. The Hall–Kier alpha value is -2.28. The summed E-state index contributed by atoms with van der Waals surface area (Å²) in [5, 5.41) is 0. The molecule has 0 heterocycles. The van der Waals surface area contributed by atoms with E-state index in [0.29, 0.717) is 17.6 Å². The monoisotopic (exact) mass is 522 g/mol. The molecule has 0 aliphatic carbocycles. The minimum Gasteiger partial charge on any atom is -0.393 e. The lowest BCUT2D eigenvalue weighted by Crippen LogP contribution is -2.43.